The van der Waals surface area contributed by atoms with Crippen LogP contribution in [0.1, 0.15) is 113 Å². The molecule has 10 unspecified atom stereocenters. The van der Waals surface area contributed by atoms with Gasteiger partial charge in [0.15, 0.2) is 0 Å². The molecule has 0 aromatic carbocycles. The second kappa shape index (κ2) is 8.58. The number of hydrogen-bond donors (Lipinski definition) is 1. The van der Waals surface area contributed by atoms with Gasteiger partial charge in [-0.2, -0.15) is 0 Å². The van der Waals surface area contributed by atoms with Crippen LogP contribution in [0, 0.1) is 51.8 Å². The summed E-state index contributed by atoms with van der Waals surface area (Å²) >= 11 is 0. The van der Waals surface area contributed by atoms with E-state index in [9.17, 15) is 5.11 Å². The zero-order chi connectivity index (χ0) is 23.5. The second-order valence-electron chi connectivity index (χ2n) is 13.5. The highest BCUT2D eigenvalue weighted by Crippen LogP contribution is 2.72. The number of aliphatic hydroxyl groups is 1. The highest BCUT2D eigenvalue weighted by molar-refractivity contribution is 5.32. The van der Waals surface area contributed by atoms with E-state index in [2.05, 4.69) is 61.1 Å². The van der Waals surface area contributed by atoms with Crippen molar-refractivity contribution >= 4 is 0 Å². The predicted molar refractivity (Wildman–Crippen MR) is 137 cm³/mol. The summed E-state index contributed by atoms with van der Waals surface area (Å²) in [7, 11) is 0. The van der Waals surface area contributed by atoms with E-state index < -0.39 is 0 Å². The third-order valence-corrected chi connectivity index (χ3v) is 12.3. The van der Waals surface area contributed by atoms with Crippen LogP contribution in [-0.4, -0.2) is 11.2 Å². The van der Waals surface area contributed by atoms with Crippen molar-refractivity contribution in [3.05, 3.63) is 23.8 Å². The van der Waals surface area contributed by atoms with Crippen molar-refractivity contribution in [1.82, 2.24) is 0 Å². The fourth-order valence-corrected chi connectivity index (χ4v) is 9.76. The first-order valence-corrected chi connectivity index (χ1v) is 14.0. The third-order valence-electron chi connectivity index (χ3n) is 12.3. The molecule has 4 rings (SSSR count). The first-order chi connectivity index (χ1) is 15.0. The lowest BCUT2D eigenvalue weighted by atomic mass is 9.43. The summed E-state index contributed by atoms with van der Waals surface area (Å²) in [5.74, 6) is 4.25. The van der Waals surface area contributed by atoms with Gasteiger partial charge >= 0.3 is 0 Å². The SMILES string of the molecule is C=C(C)C(CC)CCC(C)C1CCC2(C)C3CCC4C(C)C(O)CCC4(C)C3=CCC12C. The first kappa shape index (κ1) is 24.6. The molecule has 32 heavy (non-hydrogen) atoms. The van der Waals surface area contributed by atoms with E-state index in [4.69, 9.17) is 0 Å². The molecule has 0 bridgehead atoms. The fourth-order valence-electron chi connectivity index (χ4n) is 9.76. The zero-order valence-corrected chi connectivity index (χ0v) is 22.3. The summed E-state index contributed by atoms with van der Waals surface area (Å²) in [6.07, 6.45) is 15.5. The average molecular weight is 441 g/mol. The molecule has 10 atom stereocenters. The van der Waals surface area contributed by atoms with Crippen LogP contribution in [0.15, 0.2) is 23.8 Å². The van der Waals surface area contributed by atoms with E-state index in [1.54, 1.807) is 0 Å². The molecule has 3 saturated carbocycles. The number of fused-ring (bicyclic) bond motifs is 5. The summed E-state index contributed by atoms with van der Waals surface area (Å²) < 4.78 is 0. The van der Waals surface area contributed by atoms with Crippen LogP contribution in [-0.2, 0) is 0 Å². The van der Waals surface area contributed by atoms with Gasteiger partial charge in [0.1, 0.15) is 0 Å². The van der Waals surface area contributed by atoms with Crippen molar-refractivity contribution in [2.75, 3.05) is 0 Å². The van der Waals surface area contributed by atoms with Crippen molar-refractivity contribution in [3.8, 4) is 0 Å². The Morgan fingerprint density at radius 3 is 2.47 bits per heavy atom. The summed E-state index contributed by atoms with van der Waals surface area (Å²) in [5, 5.41) is 10.6. The largest absolute Gasteiger partial charge is 0.393 e. The molecule has 1 heteroatoms. The second-order valence-corrected chi connectivity index (χ2v) is 13.5. The van der Waals surface area contributed by atoms with Gasteiger partial charge in [0.25, 0.3) is 0 Å². The molecule has 0 radical (unpaired) electrons. The monoisotopic (exact) mass is 440 g/mol. The van der Waals surface area contributed by atoms with Crippen LogP contribution >= 0.6 is 0 Å². The summed E-state index contributed by atoms with van der Waals surface area (Å²) in [6, 6.07) is 0. The Kier molecular flexibility index (Phi) is 6.59. The van der Waals surface area contributed by atoms with Gasteiger partial charge in [-0.3, -0.25) is 0 Å². The van der Waals surface area contributed by atoms with Gasteiger partial charge in [-0.05, 0) is 123 Å². The van der Waals surface area contributed by atoms with Crippen LogP contribution in [0.2, 0.25) is 0 Å². The Bertz CT molecular complexity index is 750. The highest BCUT2D eigenvalue weighted by atomic mass is 16.3. The maximum atomic E-state index is 10.6. The van der Waals surface area contributed by atoms with Crippen LogP contribution in [0.25, 0.3) is 0 Å². The molecule has 0 spiro atoms. The molecule has 0 amide bonds. The first-order valence-electron chi connectivity index (χ1n) is 14.0. The lowest BCUT2D eigenvalue weighted by Crippen LogP contribution is -2.55. The Labute approximate surface area is 199 Å². The van der Waals surface area contributed by atoms with E-state index in [0.29, 0.717) is 34.0 Å². The number of allylic oxidation sites excluding steroid dienone is 3. The smallest absolute Gasteiger partial charge is 0.0569 e. The summed E-state index contributed by atoms with van der Waals surface area (Å²) in [5.41, 5.74) is 4.40. The normalized spacial score (nSPS) is 47.6. The molecule has 4 aliphatic carbocycles. The Morgan fingerprint density at radius 2 is 1.81 bits per heavy atom. The maximum Gasteiger partial charge on any atom is 0.0569 e. The molecule has 1 nitrogen and oxygen atoms in total. The van der Waals surface area contributed by atoms with Gasteiger partial charge in [0.2, 0.25) is 0 Å². The summed E-state index contributed by atoms with van der Waals surface area (Å²) in [4.78, 5) is 0. The van der Waals surface area contributed by atoms with E-state index >= 15 is 0 Å². The van der Waals surface area contributed by atoms with Gasteiger partial charge in [-0.25, -0.2) is 0 Å². The molecule has 0 aromatic rings. The van der Waals surface area contributed by atoms with E-state index in [1.807, 2.05) is 5.57 Å². The molecule has 0 aromatic heterocycles. The van der Waals surface area contributed by atoms with Gasteiger partial charge in [-0.1, -0.05) is 65.3 Å². The van der Waals surface area contributed by atoms with Gasteiger partial charge in [0, 0.05) is 0 Å². The molecular formula is C31H52O. The van der Waals surface area contributed by atoms with Crippen LogP contribution in [0.5, 0.6) is 0 Å². The predicted octanol–water partition coefficient (Wildman–Crippen LogP) is 8.58. The lowest BCUT2D eigenvalue weighted by molar-refractivity contribution is -0.0781. The van der Waals surface area contributed by atoms with E-state index in [1.165, 1.54) is 63.4 Å². The quantitative estimate of drug-likeness (QED) is 0.410. The summed E-state index contributed by atoms with van der Waals surface area (Å²) in [6.45, 7) is 21.6. The third kappa shape index (κ3) is 3.50. The standard InChI is InChI=1S/C31H52O/c1-9-23(20(2)3)11-10-21(4)24-14-18-31(8)27-13-12-25-22(5)28(32)16-17-29(25,6)26(27)15-19-30(24,31)7/h15,21-25,27-28,32H,2,9-14,16-19H2,1,3-8H3. The van der Waals surface area contributed by atoms with Crippen molar-refractivity contribution in [1.29, 1.82) is 0 Å². The van der Waals surface area contributed by atoms with E-state index in [0.717, 1.165) is 24.2 Å². The lowest BCUT2D eigenvalue weighted by Gasteiger charge is -2.62. The zero-order valence-electron chi connectivity index (χ0n) is 22.3. The van der Waals surface area contributed by atoms with Crippen LogP contribution in [0.3, 0.4) is 0 Å². The molecule has 3 fully saturated rings. The fraction of sp³-hybridized carbons (Fsp3) is 0.871. The Balaban J connectivity index is 1.57. The minimum Gasteiger partial charge on any atom is -0.393 e. The minimum atomic E-state index is -0.0856. The highest BCUT2D eigenvalue weighted by Gasteiger charge is 2.64. The van der Waals surface area contributed by atoms with Crippen LogP contribution < -0.4 is 0 Å². The molecule has 1 N–H and O–H groups in total. The number of rotatable bonds is 6. The number of aliphatic hydroxyl groups excluding tert-OH is 1. The Hall–Kier alpha value is -0.560. The van der Waals surface area contributed by atoms with Crippen molar-refractivity contribution < 1.29 is 5.11 Å². The average Bonchev–Trinajstić information content (AvgIpc) is 3.02. The molecule has 0 heterocycles. The molecule has 182 valence electrons. The maximum absolute atomic E-state index is 10.6. The Morgan fingerprint density at radius 1 is 1.09 bits per heavy atom. The van der Waals surface area contributed by atoms with Gasteiger partial charge in [0.05, 0.1) is 6.10 Å². The van der Waals surface area contributed by atoms with Gasteiger partial charge < -0.3 is 5.11 Å². The molecule has 0 saturated heterocycles. The molecule has 0 aliphatic heterocycles. The van der Waals surface area contributed by atoms with Gasteiger partial charge in [-0.15, -0.1) is 0 Å². The van der Waals surface area contributed by atoms with Crippen molar-refractivity contribution in [2.24, 2.45) is 51.8 Å². The molecular weight excluding hydrogens is 388 g/mol. The van der Waals surface area contributed by atoms with E-state index in [-0.39, 0.29) is 6.10 Å². The van der Waals surface area contributed by atoms with Crippen molar-refractivity contribution in [3.63, 3.8) is 0 Å². The van der Waals surface area contributed by atoms with Crippen LogP contribution in [0.4, 0.5) is 0 Å². The number of hydrogen-bond acceptors (Lipinski definition) is 1. The molecule has 4 aliphatic rings. The minimum absolute atomic E-state index is 0.0856. The van der Waals surface area contributed by atoms with Crippen molar-refractivity contribution in [2.45, 2.75) is 119 Å². The topological polar surface area (TPSA) is 20.2 Å².